The molecule has 2 rings (SSSR count). The maximum atomic E-state index is 12.2. The molecule has 5 heteroatoms. The van der Waals surface area contributed by atoms with Crippen molar-refractivity contribution in [3.63, 3.8) is 0 Å². The molecule has 0 aliphatic rings. The van der Waals surface area contributed by atoms with E-state index < -0.39 is 5.97 Å². The van der Waals surface area contributed by atoms with Crippen LogP contribution in [0.15, 0.2) is 36.4 Å². The maximum absolute atomic E-state index is 12.2. The first-order chi connectivity index (χ1) is 10.0. The van der Waals surface area contributed by atoms with Crippen molar-refractivity contribution in [2.24, 2.45) is 0 Å². The third kappa shape index (κ3) is 3.31. The zero-order valence-corrected chi connectivity index (χ0v) is 12.3. The summed E-state index contributed by atoms with van der Waals surface area (Å²) < 4.78 is 5.26. The van der Waals surface area contributed by atoms with Gasteiger partial charge in [-0.3, -0.25) is 0 Å². The van der Waals surface area contributed by atoms with Gasteiger partial charge in [0.25, 0.3) is 0 Å². The van der Waals surface area contributed by atoms with E-state index in [0.29, 0.717) is 16.6 Å². The Hall–Kier alpha value is -2.56. The lowest BCUT2D eigenvalue weighted by atomic mass is 10.0. The number of ether oxygens (including phenoxy) is 1. The highest BCUT2D eigenvalue weighted by Crippen LogP contribution is 2.28. The molecule has 0 fully saturated rings. The minimum atomic E-state index is -0.401. The van der Waals surface area contributed by atoms with Gasteiger partial charge in [-0.1, -0.05) is 24.3 Å². The number of urea groups is 1. The fourth-order valence-corrected chi connectivity index (χ4v) is 2.08. The SMILES string of the molecule is CNC(=O)Nc1cccc2cccc(C(=O)OC(C)C)c12. The summed E-state index contributed by atoms with van der Waals surface area (Å²) in [6.07, 6.45) is -0.202. The summed E-state index contributed by atoms with van der Waals surface area (Å²) in [5, 5.41) is 6.76. The summed E-state index contributed by atoms with van der Waals surface area (Å²) in [6, 6.07) is 10.5. The largest absolute Gasteiger partial charge is 0.459 e. The number of hydrogen-bond acceptors (Lipinski definition) is 3. The van der Waals surface area contributed by atoms with Crippen molar-refractivity contribution >= 4 is 28.5 Å². The fraction of sp³-hybridized carbons (Fsp3) is 0.250. The summed E-state index contributed by atoms with van der Waals surface area (Å²) in [6.45, 7) is 3.60. The summed E-state index contributed by atoms with van der Waals surface area (Å²) in [4.78, 5) is 23.8. The van der Waals surface area contributed by atoms with Gasteiger partial charge in [-0.2, -0.15) is 0 Å². The molecule has 0 saturated heterocycles. The van der Waals surface area contributed by atoms with Crippen LogP contribution in [0.3, 0.4) is 0 Å². The van der Waals surface area contributed by atoms with Crippen molar-refractivity contribution < 1.29 is 14.3 Å². The predicted molar refractivity (Wildman–Crippen MR) is 82.6 cm³/mol. The molecular weight excluding hydrogens is 268 g/mol. The van der Waals surface area contributed by atoms with Crippen LogP contribution >= 0.6 is 0 Å². The van der Waals surface area contributed by atoms with E-state index in [9.17, 15) is 9.59 Å². The van der Waals surface area contributed by atoms with Gasteiger partial charge in [0, 0.05) is 12.4 Å². The van der Waals surface area contributed by atoms with Crippen LogP contribution in [0.1, 0.15) is 24.2 Å². The number of fused-ring (bicyclic) bond motifs is 1. The first kappa shape index (κ1) is 14.8. The smallest absolute Gasteiger partial charge is 0.339 e. The van der Waals surface area contributed by atoms with Gasteiger partial charge in [0.05, 0.1) is 17.4 Å². The fourth-order valence-electron chi connectivity index (χ4n) is 2.08. The minimum absolute atomic E-state index is 0.202. The standard InChI is InChI=1S/C16H18N2O3/c1-10(2)21-15(19)12-8-4-6-11-7-5-9-13(14(11)12)18-16(20)17-3/h4-10H,1-3H3,(H2,17,18,20). The van der Waals surface area contributed by atoms with Gasteiger partial charge in [-0.15, -0.1) is 0 Å². The zero-order chi connectivity index (χ0) is 15.4. The van der Waals surface area contributed by atoms with E-state index in [2.05, 4.69) is 10.6 Å². The molecule has 0 atom stereocenters. The van der Waals surface area contributed by atoms with E-state index >= 15 is 0 Å². The van der Waals surface area contributed by atoms with Gasteiger partial charge < -0.3 is 15.4 Å². The molecule has 110 valence electrons. The lowest BCUT2D eigenvalue weighted by molar-refractivity contribution is 0.0380. The number of amides is 2. The lowest BCUT2D eigenvalue weighted by Gasteiger charge is -2.13. The van der Waals surface area contributed by atoms with Crippen LogP contribution in [-0.4, -0.2) is 25.2 Å². The molecule has 0 aromatic heterocycles. The Bertz CT molecular complexity index is 675. The van der Waals surface area contributed by atoms with Crippen molar-refractivity contribution in [2.45, 2.75) is 20.0 Å². The van der Waals surface area contributed by atoms with Gasteiger partial charge in [0.15, 0.2) is 0 Å². The quantitative estimate of drug-likeness (QED) is 0.852. The van der Waals surface area contributed by atoms with Crippen LogP contribution < -0.4 is 10.6 Å². The van der Waals surface area contributed by atoms with Crippen molar-refractivity contribution in [3.8, 4) is 0 Å². The van der Waals surface area contributed by atoms with Crippen molar-refractivity contribution in [2.75, 3.05) is 12.4 Å². The number of carbonyl (C=O) groups is 2. The van der Waals surface area contributed by atoms with E-state index in [1.807, 2.05) is 18.2 Å². The van der Waals surface area contributed by atoms with Crippen LogP contribution in [0, 0.1) is 0 Å². The van der Waals surface area contributed by atoms with E-state index in [1.165, 1.54) is 7.05 Å². The molecule has 0 aliphatic heterocycles. The molecule has 0 heterocycles. The Morgan fingerprint density at radius 1 is 1.10 bits per heavy atom. The second kappa shape index (κ2) is 6.26. The third-order valence-electron chi connectivity index (χ3n) is 2.94. The Labute approximate surface area is 123 Å². The van der Waals surface area contributed by atoms with Gasteiger partial charge in [-0.25, -0.2) is 9.59 Å². The average Bonchev–Trinajstić information content (AvgIpc) is 2.46. The Balaban J connectivity index is 2.55. The van der Waals surface area contributed by atoms with Crippen molar-refractivity contribution in [1.29, 1.82) is 0 Å². The van der Waals surface area contributed by atoms with Crippen molar-refractivity contribution in [1.82, 2.24) is 5.32 Å². The van der Waals surface area contributed by atoms with Gasteiger partial charge >= 0.3 is 12.0 Å². The maximum Gasteiger partial charge on any atom is 0.339 e. The van der Waals surface area contributed by atoms with E-state index in [0.717, 1.165) is 5.39 Å². The normalized spacial score (nSPS) is 10.5. The average molecular weight is 286 g/mol. The molecule has 2 amide bonds. The minimum Gasteiger partial charge on any atom is -0.459 e. The van der Waals surface area contributed by atoms with E-state index in [1.54, 1.807) is 32.0 Å². The molecule has 0 aliphatic carbocycles. The summed E-state index contributed by atoms with van der Waals surface area (Å²) in [7, 11) is 1.54. The first-order valence-corrected chi connectivity index (χ1v) is 6.74. The molecule has 5 nitrogen and oxygen atoms in total. The topological polar surface area (TPSA) is 67.4 Å². The van der Waals surface area contributed by atoms with Crippen LogP contribution in [0.4, 0.5) is 10.5 Å². The van der Waals surface area contributed by atoms with Gasteiger partial charge in [0.2, 0.25) is 0 Å². The molecule has 0 spiro atoms. The number of anilines is 1. The highest BCUT2D eigenvalue weighted by atomic mass is 16.5. The zero-order valence-electron chi connectivity index (χ0n) is 12.3. The highest BCUT2D eigenvalue weighted by Gasteiger charge is 2.16. The van der Waals surface area contributed by atoms with Crippen molar-refractivity contribution in [3.05, 3.63) is 42.0 Å². The van der Waals surface area contributed by atoms with Gasteiger partial charge in [0.1, 0.15) is 0 Å². The van der Waals surface area contributed by atoms with Crippen LogP contribution in [0.25, 0.3) is 10.8 Å². The molecule has 0 bridgehead atoms. The second-order valence-electron chi connectivity index (χ2n) is 4.87. The Morgan fingerprint density at radius 2 is 1.76 bits per heavy atom. The summed E-state index contributed by atoms with van der Waals surface area (Å²) >= 11 is 0. The Kier molecular flexibility index (Phi) is 4.42. The number of hydrogen-bond donors (Lipinski definition) is 2. The van der Waals surface area contributed by atoms with E-state index in [4.69, 9.17) is 4.74 Å². The molecule has 2 aromatic rings. The number of nitrogens with one attached hydrogen (secondary N) is 2. The Morgan fingerprint density at radius 3 is 2.38 bits per heavy atom. The number of esters is 1. The van der Waals surface area contributed by atoms with Crippen LogP contribution in [-0.2, 0) is 4.74 Å². The summed E-state index contributed by atoms with van der Waals surface area (Å²) in [5.41, 5.74) is 1.01. The van der Waals surface area contributed by atoms with E-state index in [-0.39, 0.29) is 12.1 Å². The molecule has 0 saturated carbocycles. The molecule has 0 unspecified atom stereocenters. The number of benzene rings is 2. The third-order valence-corrected chi connectivity index (χ3v) is 2.94. The lowest BCUT2D eigenvalue weighted by Crippen LogP contribution is -2.24. The molecule has 21 heavy (non-hydrogen) atoms. The van der Waals surface area contributed by atoms with Crippen LogP contribution in [0.2, 0.25) is 0 Å². The van der Waals surface area contributed by atoms with Crippen LogP contribution in [0.5, 0.6) is 0 Å². The summed E-state index contributed by atoms with van der Waals surface area (Å²) in [5.74, 6) is -0.401. The molecule has 2 N–H and O–H groups in total. The molecule has 0 radical (unpaired) electrons. The first-order valence-electron chi connectivity index (χ1n) is 6.74. The highest BCUT2D eigenvalue weighted by molar-refractivity contribution is 6.12. The number of rotatable bonds is 3. The molecular formula is C16H18N2O3. The monoisotopic (exact) mass is 286 g/mol. The van der Waals surface area contributed by atoms with Gasteiger partial charge in [-0.05, 0) is 31.4 Å². The number of carbonyl (C=O) groups excluding carboxylic acids is 2. The predicted octanol–water partition coefficient (Wildman–Crippen LogP) is 3.16. The molecule has 2 aromatic carbocycles. The second-order valence-corrected chi connectivity index (χ2v) is 4.87.